The van der Waals surface area contributed by atoms with E-state index < -0.39 is 0 Å². The molecule has 0 bridgehead atoms. The van der Waals surface area contributed by atoms with E-state index in [9.17, 15) is 0 Å². The lowest BCUT2D eigenvalue weighted by Gasteiger charge is -2.24. The van der Waals surface area contributed by atoms with Crippen molar-refractivity contribution in [1.29, 1.82) is 0 Å². The minimum Gasteiger partial charge on any atom is -0.665 e. The van der Waals surface area contributed by atoms with Gasteiger partial charge in [0.15, 0.2) is 0 Å². The SMILES string of the molecule is C[N-]CCC1CCCCC1. The first-order valence-corrected chi connectivity index (χ1v) is 4.49. The fourth-order valence-electron chi connectivity index (χ4n) is 1.79. The first-order valence-electron chi connectivity index (χ1n) is 4.49. The first kappa shape index (κ1) is 8.06. The van der Waals surface area contributed by atoms with Gasteiger partial charge in [-0.25, -0.2) is 0 Å². The summed E-state index contributed by atoms with van der Waals surface area (Å²) in [4.78, 5) is 0. The second kappa shape index (κ2) is 4.73. The zero-order valence-corrected chi connectivity index (χ0v) is 6.97. The largest absolute Gasteiger partial charge is 0.665 e. The summed E-state index contributed by atoms with van der Waals surface area (Å²) >= 11 is 0. The smallest absolute Gasteiger partial charge is 0.0431 e. The summed E-state index contributed by atoms with van der Waals surface area (Å²) in [6, 6.07) is 0. The summed E-state index contributed by atoms with van der Waals surface area (Å²) < 4.78 is 0. The van der Waals surface area contributed by atoms with E-state index in [0.717, 1.165) is 12.5 Å². The topological polar surface area (TPSA) is 14.1 Å². The van der Waals surface area contributed by atoms with Gasteiger partial charge in [0.05, 0.1) is 0 Å². The van der Waals surface area contributed by atoms with Gasteiger partial charge in [-0.1, -0.05) is 38.5 Å². The van der Waals surface area contributed by atoms with E-state index in [1.165, 1.54) is 38.5 Å². The fourth-order valence-corrected chi connectivity index (χ4v) is 1.79. The van der Waals surface area contributed by atoms with Crippen molar-refractivity contribution in [3.05, 3.63) is 5.32 Å². The molecule has 1 rings (SSSR count). The molecule has 0 amide bonds. The van der Waals surface area contributed by atoms with Crippen LogP contribution >= 0.6 is 0 Å². The summed E-state index contributed by atoms with van der Waals surface area (Å²) in [6.07, 6.45) is 8.68. The van der Waals surface area contributed by atoms with E-state index in [4.69, 9.17) is 0 Å². The van der Waals surface area contributed by atoms with E-state index in [1.54, 1.807) is 0 Å². The molecule has 0 aromatic heterocycles. The Bertz CT molecular complexity index is 74.8. The number of hydrogen-bond acceptors (Lipinski definition) is 0. The van der Waals surface area contributed by atoms with Gasteiger partial charge in [-0.15, -0.1) is 6.54 Å². The molecule has 1 aliphatic carbocycles. The van der Waals surface area contributed by atoms with Crippen molar-refractivity contribution in [2.75, 3.05) is 13.6 Å². The molecule has 0 heterocycles. The molecular weight excluding hydrogens is 122 g/mol. The molecule has 0 aliphatic heterocycles. The highest BCUT2D eigenvalue weighted by Gasteiger charge is 2.10. The molecular formula is C9H18N-. The van der Waals surface area contributed by atoms with Crippen molar-refractivity contribution in [2.24, 2.45) is 5.92 Å². The Kier molecular flexibility index (Phi) is 3.81. The summed E-state index contributed by atoms with van der Waals surface area (Å²) in [7, 11) is 1.92. The van der Waals surface area contributed by atoms with Gasteiger partial charge in [0.2, 0.25) is 0 Å². The molecule has 0 spiro atoms. The van der Waals surface area contributed by atoms with Crippen molar-refractivity contribution in [1.82, 2.24) is 0 Å². The van der Waals surface area contributed by atoms with E-state index in [1.807, 2.05) is 7.05 Å². The van der Waals surface area contributed by atoms with Crippen LogP contribution in [0.25, 0.3) is 5.32 Å². The van der Waals surface area contributed by atoms with Gasteiger partial charge < -0.3 is 5.32 Å². The van der Waals surface area contributed by atoms with Crippen LogP contribution in [0, 0.1) is 5.92 Å². The maximum Gasteiger partial charge on any atom is -0.0431 e. The molecule has 1 saturated carbocycles. The van der Waals surface area contributed by atoms with E-state index in [0.29, 0.717) is 0 Å². The molecule has 0 radical (unpaired) electrons. The minimum atomic E-state index is 1.01. The molecule has 60 valence electrons. The normalized spacial score (nSPS) is 21.3. The maximum atomic E-state index is 4.13. The van der Waals surface area contributed by atoms with E-state index in [2.05, 4.69) is 5.32 Å². The zero-order chi connectivity index (χ0) is 7.23. The number of hydrogen-bond donors (Lipinski definition) is 0. The monoisotopic (exact) mass is 140 g/mol. The van der Waals surface area contributed by atoms with Crippen LogP contribution in [0.3, 0.4) is 0 Å². The van der Waals surface area contributed by atoms with E-state index >= 15 is 0 Å². The maximum absolute atomic E-state index is 4.13. The highest BCUT2D eigenvalue weighted by Crippen LogP contribution is 2.26. The zero-order valence-electron chi connectivity index (χ0n) is 6.97. The van der Waals surface area contributed by atoms with Crippen molar-refractivity contribution in [3.63, 3.8) is 0 Å². The second-order valence-electron chi connectivity index (χ2n) is 3.33. The van der Waals surface area contributed by atoms with Crippen LogP contribution in [-0.2, 0) is 0 Å². The Labute approximate surface area is 64.2 Å². The van der Waals surface area contributed by atoms with Crippen molar-refractivity contribution in [2.45, 2.75) is 38.5 Å². The van der Waals surface area contributed by atoms with E-state index in [-0.39, 0.29) is 0 Å². The number of rotatable bonds is 3. The molecule has 0 N–H and O–H groups in total. The van der Waals surface area contributed by atoms with Gasteiger partial charge in [-0.05, 0) is 5.92 Å². The highest BCUT2D eigenvalue weighted by molar-refractivity contribution is 4.74. The average Bonchev–Trinajstić information content (AvgIpc) is 2.03. The van der Waals surface area contributed by atoms with Crippen molar-refractivity contribution >= 4 is 0 Å². The molecule has 10 heavy (non-hydrogen) atoms. The lowest BCUT2D eigenvalue weighted by Crippen LogP contribution is -2.07. The van der Waals surface area contributed by atoms with Crippen molar-refractivity contribution < 1.29 is 0 Å². The van der Waals surface area contributed by atoms with Gasteiger partial charge in [0, 0.05) is 0 Å². The second-order valence-corrected chi connectivity index (χ2v) is 3.33. The average molecular weight is 140 g/mol. The Morgan fingerprint density at radius 1 is 1.20 bits per heavy atom. The Hall–Kier alpha value is -0.0400. The summed E-state index contributed by atoms with van der Waals surface area (Å²) in [6.45, 7) is 1.09. The molecule has 0 saturated heterocycles. The molecule has 0 aromatic carbocycles. The summed E-state index contributed by atoms with van der Waals surface area (Å²) in [5.41, 5.74) is 0. The third-order valence-corrected chi connectivity index (χ3v) is 2.49. The van der Waals surface area contributed by atoms with Crippen LogP contribution in [0.4, 0.5) is 0 Å². The quantitative estimate of drug-likeness (QED) is 0.572. The van der Waals surface area contributed by atoms with Crippen LogP contribution in [0.5, 0.6) is 0 Å². The summed E-state index contributed by atoms with van der Waals surface area (Å²) in [5, 5.41) is 4.13. The third kappa shape index (κ3) is 2.70. The van der Waals surface area contributed by atoms with Gasteiger partial charge in [0.1, 0.15) is 0 Å². The lowest BCUT2D eigenvalue weighted by molar-refractivity contribution is 0.346. The van der Waals surface area contributed by atoms with Crippen LogP contribution in [0.15, 0.2) is 0 Å². The Morgan fingerprint density at radius 2 is 1.90 bits per heavy atom. The van der Waals surface area contributed by atoms with Crippen molar-refractivity contribution in [3.8, 4) is 0 Å². The summed E-state index contributed by atoms with van der Waals surface area (Å²) in [5.74, 6) is 1.01. The molecule has 0 aromatic rings. The van der Waals surface area contributed by atoms with Gasteiger partial charge in [-0.2, -0.15) is 7.05 Å². The molecule has 0 unspecified atom stereocenters. The van der Waals surface area contributed by atoms with Crippen LogP contribution in [0.1, 0.15) is 38.5 Å². The Morgan fingerprint density at radius 3 is 2.50 bits per heavy atom. The first-order chi connectivity index (χ1) is 4.93. The highest BCUT2D eigenvalue weighted by atomic mass is 14.8. The standard InChI is InChI=1S/C9H18N/c1-10-8-7-9-5-3-2-4-6-9/h9H,2-8H2,1H3/q-1. The third-order valence-electron chi connectivity index (χ3n) is 2.49. The van der Waals surface area contributed by atoms with Crippen LogP contribution in [-0.4, -0.2) is 13.6 Å². The molecule has 1 heteroatoms. The molecule has 0 atom stereocenters. The predicted molar refractivity (Wildman–Crippen MR) is 45.3 cm³/mol. The minimum absolute atomic E-state index is 1.01. The fraction of sp³-hybridized carbons (Fsp3) is 1.00. The van der Waals surface area contributed by atoms with Crippen LogP contribution < -0.4 is 0 Å². The van der Waals surface area contributed by atoms with Gasteiger partial charge in [-0.3, -0.25) is 0 Å². The Balaban J connectivity index is 2.02. The van der Waals surface area contributed by atoms with Crippen LogP contribution in [0.2, 0.25) is 0 Å². The number of nitrogens with zero attached hydrogens (tertiary/aromatic N) is 1. The van der Waals surface area contributed by atoms with Gasteiger partial charge in [0.25, 0.3) is 0 Å². The molecule has 1 aliphatic rings. The molecule has 1 fully saturated rings. The predicted octanol–water partition coefficient (Wildman–Crippen LogP) is 2.96. The van der Waals surface area contributed by atoms with Gasteiger partial charge >= 0.3 is 0 Å². The lowest BCUT2D eigenvalue weighted by atomic mass is 9.87. The molecule has 1 nitrogen and oxygen atoms in total.